The maximum atomic E-state index is 12.7. The number of aromatic nitrogens is 2. The lowest BCUT2D eigenvalue weighted by Crippen LogP contribution is -2.47. The van der Waals surface area contributed by atoms with Crippen molar-refractivity contribution in [1.82, 2.24) is 20.4 Å². The number of aryl methyl sites for hydroxylation is 1. The van der Waals surface area contributed by atoms with Gasteiger partial charge in [-0.2, -0.15) is 10.4 Å². The molecule has 2 N–H and O–H groups in total. The van der Waals surface area contributed by atoms with Gasteiger partial charge in [0, 0.05) is 12.0 Å². The highest BCUT2D eigenvalue weighted by molar-refractivity contribution is 5.96. The van der Waals surface area contributed by atoms with Crippen molar-refractivity contribution in [3.63, 3.8) is 0 Å². The summed E-state index contributed by atoms with van der Waals surface area (Å²) in [5, 5.41) is 18.4. The van der Waals surface area contributed by atoms with Crippen LogP contribution in [0.3, 0.4) is 0 Å². The van der Waals surface area contributed by atoms with Crippen molar-refractivity contribution in [2.24, 2.45) is 5.92 Å². The van der Waals surface area contributed by atoms with E-state index in [1.165, 1.54) is 0 Å². The smallest absolute Gasteiger partial charge is 0.270 e. The van der Waals surface area contributed by atoms with E-state index < -0.39 is 6.04 Å². The van der Waals surface area contributed by atoms with E-state index in [0.29, 0.717) is 18.7 Å². The summed E-state index contributed by atoms with van der Waals surface area (Å²) in [6.07, 6.45) is 0.495. The highest BCUT2D eigenvalue weighted by Crippen LogP contribution is 2.22. The Balaban J connectivity index is 3.01. The Kier molecular flexibility index (Phi) is 7.16. The molecular formula is C18H29N5O2. The molecule has 0 fully saturated rings. The molecule has 1 heterocycles. The Hall–Kier alpha value is -2.36. The highest BCUT2D eigenvalue weighted by Gasteiger charge is 2.26. The van der Waals surface area contributed by atoms with Crippen molar-refractivity contribution in [3.8, 4) is 6.07 Å². The molecule has 138 valence electrons. The fraction of sp³-hybridized carbons (Fsp3) is 0.667. The van der Waals surface area contributed by atoms with Gasteiger partial charge in [0.25, 0.3) is 5.91 Å². The average Bonchev–Trinajstić information content (AvgIpc) is 2.96. The van der Waals surface area contributed by atoms with E-state index in [1.807, 2.05) is 47.6 Å². The minimum atomic E-state index is -0.681. The molecule has 7 heteroatoms. The number of hydrogen-bond donors (Lipinski definition) is 2. The van der Waals surface area contributed by atoms with Crippen LogP contribution in [-0.2, 0) is 16.8 Å². The van der Waals surface area contributed by atoms with Crippen LogP contribution in [0.25, 0.3) is 0 Å². The molecule has 0 aliphatic rings. The molecule has 0 bridgehead atoms. The third-order valence-corrected chi connectivity index (χ3v) is 3.75. The molecule has 0 spiro atoms. The topological polar surface area (TPSA) is 99.8 Å². The van der Waals surface area contributed by atoms with Crippen LogP contribution in [0.4, 0.5) is 0 Å². The molecule has 0 aromatic carbocycles. The molecule has 0 saturated heterocycles. The first kappa shape index (κ1) is 20.7. The van der Waals surface area contributed by atoms with E-state index >= 15 is 0 Å². The van der Waals surface area contributed by atoms with Gasteiger partial charge < -0.3 is 10.6 Å². The molecule has 1 rings (SSSR count). The molecule has 1 aromatic rings. The van der Waals surface area contributed by atoms with Crippen molar-refractivity contribution < 1.29 is 9.59 Å². The zero-order valence-electron chi connectivity index (χ0n) is 16.0. The van der Waals surface area contributed by atoms with Gasteiger partial charge in [0.1, 0.15) is 18.3 Å². The Labute approximate surface area is 149 Å². The number of carbonyl (C=O) groups excluding carboxylic acids is 2. The quantitative estimate of drug-likeness (QED) is 0.737. The van der Waals surface area contributed by atoms with Crippen molar-refractivity contribution in [3.05, 3.63) is 17.5 Å². The molecular weight excluding hydrogens is 318 g/mol. The first-order chi connectivity index (χ1) is 11.6. The fourth-order valence-electron chi connectivity index (χ4n) is 2.39. The second kappa shape index (κ2) is 8.65. The van der Waals surface area contributed by atoms with Gasteiger partial charge in [0.2, 0.25) is 5.91 Å². The largest absolute Gasteiger partial charge is 0.341 e. The number of nitrogens with one attached hydrogen (secondary N) is 2. The van der Waals surface area contributed by atoms with Crippen molar-refractivity contribution in [1.29, 1.82) is 5.26 Å². The fourth-order valence-corrected chi connectivity index (χ4v) is 2.39. The zero-order valence-corrected chi connectivity index (χ0v) is 16.0. The molecule has 7 nitrogen and oxygen atoms in total. The lowest BCUT2D eigenvalue weighted by atomic mass is 9.92. The lowest BCUT2D eigenvalue weighted by molar-refractivity contribution is -0.123. The molecule has 0 unspecified atom stereocenters. The van der Waals surface area contributed by atoms with Crippen LogP contribution < -0.4 is 10.6 Å². The zero-order chi connectivity index (χ0) is 19.2. The van der Waals surface area contributed by atoms with Crippen LogP contribution >= 0.6 is 0 Å². The summed E-state index contributed by atoms with van der Waals surface area (Å²) < 4.78 is 1.65. The van der Waals surface area contributed by atoms with Gasteiger partial charge in [-0.15, -0.1) is 0 Å². The van der Waals surface area contributed by atoms with E-state index in [4.69, 9.17) is 5.26 Å². The summed E-state index contributed by atoms with van der Waals surface area (Å²) in [7, 11) is 0. The number of nitrogens with zero attached hydrogens (tertiary/aromatic N) is 3. The highest BCUT2D eigenvalue weighted by atomic mass is 16.2. The molecule has 1 aromatic heterocycles. The van der Waals surface area contributed by atoms with E-state index in [9.17, 15) is 9.59 Å². The van der Waals surface area contributed by atoms with Gasteiger partial charge in [-0.1, -0.05) is 34.6 Å². The Morgan fingerprint density at radius 3 is 2.48 bits per heavy atom. The number of hydrogen-bond acceptors (Lipinski definition) is 4. The lowest BCUT2D eigenvalue weighted by Gasteiger charge is -2.19. The minimum Gasteiger partial charge on any atom is -0.341 e. The molecule has 0 radical (unpaired) electrons. The predicted octanol–water partition coefficient (Wildman–Crippen LogP) is 1.98. The molecule has 1 atom stereocenters. The first-order valence-electron chi connectivity index (χ1n) is 8.64. The van der Waals surface area contributed by atoms with Crippen LogP contribution in [0.2, 0.25) is 0 Å². The van der Waals surface area contributed by atoms with Gasteiger partial charge in [-0.25, -0.2) is 0 Å². The molecule has 0 aliphatic carbocycles. The first-order valence-corrected chi connectivity index (χ1v) is 8.64. The summed E-state index contributed by atoms with van der Waals surface area (Å²) in [4.78, 5) is 24.9. The third kappa shape index (κ3) is 5.89. The van der Waals surface area contributed by atoms with Gasteiger partial charge in [-0.05, 0) is 25.3 Å². The maximum absolute atomic E-state index is 12.7. The van der Waals surface area contributed by atoms with Gasteiger partial charge >= 0.3 is 0 Å². The van der Waals surface area contributed by atoms with E-state index in [-0.39, 0.29) is 29.7 Å². The van der Waals surface area contributed by atoms with Gasteiger partial charge in [0.15, 0.2) is 0 Å². The van der Waals surface area contributed by atoms with E-state index in [1.54, 1.807) is 10.7 Å². The second-order valence-corrected chi connectivity index (χ2v) is 7.51. The molecule has 0 saturated carbocycles. The predicted molar refractivity (Wildman–Crippen MR) is 95.9 cm³/mol. The summed E-state index contributed by atoms with van der Waals surface area (Å²) in [5.74, 6) is -0.454. The average molecular weight is 347 g/mol. The standard InChI is InChI=1S/C18H29N5O2/c1-7-23-14(11-15(22-23)18(4,5)6)17(25)21-13(10-12(2)3)16(24)20-9-8-19/h11-13H,7,9-10H2,1-6H3,(H,20,24)(H,21,25)/t13-/m0/s1. The van der Waals surface area contributed by atoms with Crippen molar-refractivity contribution >= 4 is 11.8 Å². The molecule has 2 amide bonds. The monoisotopic (exact) mass is 347 g/mol. The van der Waals surface area contributed by atoms with Crippen LogP contribution in [0.15, 0.2) is 6.07 Å². The minimum absolute atomic E-state index is 0.0790. The number of amides is 2. The Morgan fingerprint density at radius 2 is 2.00 bits per heavy atom. The number of nitriles is 1. The summed E-state index contributed by atoms with van der Waals surface area (Å²) in [6.45, 7) is 12.5. The number of carbonyl (C=O) groups is 2. The van der Waals surface area contributed by atoms with Crippen LogP contribution in [0.5, 0.6) is 0 Å². The van der Waals surface area contributed by atoms with Crippen molar-refractivity contribution in [2.45, 2.75) is 66.0 Å². The van der Waals surface area contributed by atoms with Gasteiger partial charge in [-0.3, -0.25) is 14.3 Å². The second-order valence-electron chi connectivity index (χ2n) is 7.51. The number of rotatable bonds is 7. The van der Waals surface area contributed by atoms with E-state index in [2.05, 4.69) is 15.7 Å². The van der Waals surface area contributed by atoms with E-state index in [0.717, 1.165) is 5.69 Å². The molecule has 25 heavy (non-hydrogen) atoms. The van der Waals surface area contributed by atoms with Gasteiger partial charge in [0.05, 0.1) is 11.8 Å². The SMILES string of the molecule is CCn1nc(C(C)(C)C)cc1C(=O)N[C@@H](CC(C)C)C(=O)NCC#N. The Morgan fingerprint density at radius 1 is 1.36 bits per heavy atom. The van der Waals surface area contributed by atoms with Crippen LogP contribution in [-0.4, -0.2) is 34.2 Å². The normalized spacial score (nSPS) is 12.6. The van der Waals surface area contributed by atoms with Crippen LogP contribution in [0.1, 0.15) is 64.1 Å². The maximum Gasteiger partial charge on any atom is 0.270 e. The van der Waals surface area contributed by atoms with Crippen molar-refractivity contribution in [2.75, 3.05) is 6.54 Å². The summed E-state index contributed by atoms with van der Waals surface area (Å²) in [6, 6.07) is 2.97. The Bertz CT molecular complexity index is 649. The van der Waals surface area contributed by atoms with Crippen LogP contribution in [0, 0.1) is 17.2 Å². The summed E-state index contributed by atoms with van der Waals surface area (Å²) in [5.41, 5.74) is 1.10. The summed E-state index contributed by atoms with van der Waals surface area (Å²) >= 11 is 0. The third-order valence-electron chi connectivity index (χ3n) is 3.75. The molecule has 0 aliphatic heterocycles.